The number of benzene rings is 1. The number of aliphatic hydroxyl groups is 2. The van der Waals surface area contributed by atoms with E-state index in [1.54, 1.807) is 0 Å². The molecule has 5 N–H and O–H groups in total. The number of hydrogen-bond acceptors (Lipinski definition) is 8. The van der Waals surface area contributed by atoms with E-state index in [0.29, 0.717) is 0 Å². The van der Waals surface area contributed by atoms with Gasteiger partial charge in [-0.15, -0.1) is 0 Å². The van der Waals surface area contributed by atoms with Gasteiger partial charge < -0.3 is 26.0 Å². The summed E-state index contributed by atoms with van der Waals surface area (Å²) >= 11 is 0. The molecular weight excluding hydrogens is 368 g/mol. The van der Waals surface area contributed by atoms with Crippen molar-refractivity contribution in [1.29, 1.82) is 0 Å². The lowest BCUT2D eigenvalue weighted by molar-refractivity contribution is -0.384. The molecular formula is C18H22N4O6. The molecule has 150 valence electrons. The molecule has 0 fully saturated rings. The number of rotatable bonds is 8. The van der Waals surface area contributed by atoms with Gasteiger partial charge in [-0.3, -0.25) is 10.1 Å². The number of nitrogens with two attached hydrogens (primary N) is 1. The van der Waals surface area contributed by atoms with E-state index in [1.165, 1.54) is 13.1 Å². The van der Waals surface area contributed by atoms with Crippen molar-refractivity contribution in [3.05, 3.63) is 63.3 Å². The van der Waals surface area contributed by atoms with Gasteiger partial charge in [0.2, 0.25) is 5.82 Å². The first-order chi connectivity index (χ1) is 13.3. The van der Waals surface area contributed by atoms with Gasteiger partial charge in [-0.05, 0) is 18.9 Å². The number of aromatic nitrogens is 1. The van der Waals surface area contributed by atoms with Crippen molar-refractivity contribution < 1.29 is 24.7 Å². The minimum absolute atomic E-state index is 0.000776. The summed E-state index contributed by atoms with van der Waals surface area (Å²) in [6.07, 6.45) is -2.18. The van der Waals surface area contributed by atoms with Crippen LogP contribution in [0.4, 0.5) is 16.3 Å². The predicted octanol–water partition coefficient (Wildman–Crippen LogP) is 1.59. The molecule has 0 bridgehead atoms. The molecule has 0 radical (unpaired) electrons. The van der Waals surface area contributed by atoms with E-state index in [9.17, 15) is 25.1 Å². The molecule has 0 spiro atoms. The minimum Gasteiger partial charge on any atom is -0.445 e. The Morgan fingerprint density at radius 3 is 2.68 bits per heavy atom. The molecule has 2 rings (SSSR count). The molecule has 0 aliphatic heterocycles. The third-order valence-electron chi connectivity index (χ3n) is 4.16. The lowest BCUT2D eigenvalue weighted by atomic mass is 9.98. The number of ether oxygens (including phenoxy) is 1. The summed E-state index contributed by atoms with van der Waals surface area (Å²) in [6.45, 7) is 1.56. The van der Waals surface area contributed by atoms with Gasteiger partial charge in [-0.2, -0.15) is 0 Å². The second-order valence-corrected chi connectivity index (χ2v) is 6.12. The van der Waals surface area contributed by atoms with Gasteiger partial charge in [0, 0.05) is 23.9 Å². The molecule has 10 heteroatoms. The lowest BCUT2D eigenvalue weighted by Crippen LogP contribution is -2.30. The Labute approximate surface area is 161 Å². The van der Waals surface area contributed by atoms with Crippen LogP contribution in [-0.2, 0) is 11.3 Å². The SMILES string of the molecule is Cc1c(C(O)C(O)CCNC(=O)OCc2ccccc2)cnc(N)c1[N+](=O)[O-]. The van der Waals surface area contributed by atoms with Crippen molar-refractivity contribution in [2.75, 3.05) is 12.3 Å². The smallest absolute Gasteiger partial charge is 0.407 e. The molecule has 2 atom stereocenters. The Balaban J connectivity index is 1.86. The van der Waals surface area contributed by atoms with E-state index >= 15 is 0 Å². The van der Waals surface area contributed by atoms with Crippen LogP contribution in [0.15, 0.2) is 36.5 Å². The molecule has 1 aromatic carbocycles. The van der Waals surface area contributed by atoms with E-state index in [4.69, 9.17) is 10.5 Å². The average molecular weight is 390 g/mol. The number of pyridine rings is 1. The van der Waals surface area contributed by atoms with E-state index in [2.05, 4.69) is 10.3 Å². The standard InChI is InChI=1S/C18H22N4O6/c1-11-13(9-21-17(19)15(11)22(26)27)16(24)14(23)7-8-20-18(25)28-10-12-5-3-2-4-6-12/h2-6,9,14,16,23-24H,7-8,10H2,1H3,(H2,19,21)(H,20,25). The Morgan fingerprint density at radius 2 is 2.04 bits per heavy atom. The molecule has 0 aliphatic rings. The second kappa shape index (κ2) is 9.62. The normalized spacial score (nSPS) is 12.8. The number of nitro groups is 1. The van der Waals surface area contributed by atoms with Crippen molar-refractivity contribution in [3.63, 3.8) is 0 Å². The van der Waals surface area contributed by atoms with Gasteiger partial charge in [0.05, 0.1) is 11.0 Å². The summed E-state index contributed by atoms with van der Waals surface area (Å²) in [5, 5.41) is 34.0. The van der Waals surface area contributed by atoms with Crippen LogP contribution in [0.2, 0.25) is 0 Å². The quantitative estimate of drug-likeness (QED) is 0.390. The van der Waals surface area contributed by atoms with Gasteiger partial charge in [0.25, 0.3) is 0 Å². The molecule has 1 aromatic heterocycles. The van der Waals surface area contributed by atoms with Crippen LogP contribution in [0, 0.1) is 17.0 Å². The van der Waals surface area contributed by atoms with Gasteiger partial charge in [0.15, 0.2) is 0 Å². The van der Waals surface area contributed by atoms with Crippen LogP contribution in [0.3, 0.4) is 0 Å². The molecule has 0 saturated heterocycles. The summed E-state index contributed by atoms with van der Waals surface area (Å²) in [4.78, 5) is 25.8. The fraction of sp³-hybridized carbons (Fsp3) is 0.333. The maximum absolute atomic E-state index is 11.7. The van der Waals surface area contributed by atoms with Crippen molar-refractivity contribution >= 4 is 17.6 Å². The van der Waals surface area contributed by atoms with Crippen molar-refractivity contribution in [2.45, 2.75) is 32.2 Å². The van der Waals surface area contributed by atoms with Crippen molar-refractivity contribution in [3.8, 4) is 0 Å². The Hall–Kier alpha value is -3.24. The zero-order chi connectivity index (χ0) is 20.7. The highest BCUT2D eigenvalue weighted by molar-refractivity contribution is 5.67. The second-order valence-electron chi connectivity index (χ2n) is 6.12. The van der Waals surface area contributed by atoms with Crippen LogP contribution in [0.1, 0.15) is 29.2 Å². The van der Waals surface area contributed by atoms with Crippen LogP contribution in [0.5, 0.6) is 0 Å². The number of nitrogens with one attached hydrogen (secondary N) is 1. The van der Waals surface area contributed by atoms with Crippen LogP contribution in [-0.4, -0.2) is 38.9 Å². The van der Waals surface area contributed by atoms with Gasteiger partial charge in [-0.25, -0.2) is 9.78 Å². The summed E-state index contributed by atoms with van der Waals surface area (Å²) in [5.74, 6) is -0.268. The summed E-state index contributed by atoms with van der Waals surface area (Å²) < 4.78 is 5.04. The van der Waals surface area contributed by atoms with Crippen LogP contribution < -0.4 is 11.1 Å². The highest BCUT2D eigenvalue weighted by Crippen LogP contribution is 2.31. The molecule has 0 saturated carbocycles. The summed E-state index contributed by atoms with van der Waals surface area (Å²) in [7, 11) is 0. The number of nitrogens with zero attached hydrogens (tertiary/aromatic N) is 2. The van der Waals surface area contributed by atoms with E-state index < -0.39 is 28.9 Å². The first-order valence-corrected chi connectivity index (χ1v) is 8.51. The Morgan fingerprint density at radius 1 is 1.36 bits per heavy atom. The number of carbonyl (C=O) groups excluding carboxylic acids is 1. The lowest BCUT2D eigenvalue weighted by Gasteiger charge is -2.20. The molecule has 2 aromatic rings. The third-order valence-corrected chi connectivity index (χ3v) is 4.16. The highest BCUT2D eigenvalue weighted by atomic mass is 16.6. The number of amides is 1. The first kappa shape index (κ1) is 21.1. The molecule has 2 unspecified atom stereocenters. The van der Waals surface area contributed by atoms with Gasteiger partial charge in [-0.1, -0.05) is 30.3 Å². The molecule has 1 amide bonds. The Bertz CT molecular complexity index is 830. The number of hydrogen-bond donors (Lipinski definition) is 4. The van der Waals surface area contributed by atoms with Crippen LogP contribution >= 0.6 is 0 Å². The highest BCUT2D eigenvalue weighted by Gasteiger charge is 2.27. The number of carbonyl (C=O) groups is 1. The van der Waals surface area contributed by atoms with E-state index in [0.717, 1.165) is 5.56 Å². The van der Waals surface area contributed by atoms with Crippen LogP contribution in [0.25, 0.3) is 0 Å². The van der Waals surface area contributed by atoms with E-state index in [1.807, 2.05) is 30.3 Å². The largest absolute Gasteiger partial charge is 0.445 e. The third kappa shape index (κ3) is 5.38. The maximum Gasteiger partial charge on any atom is 0.407 e. The summed E-state index contributed by atoms with van der Waals surface area (Å²) in [5.41, 5.74) is 6.14. The van der Waals surface area contributed by atoms with Gasteiger partial charge in [0.1, 0.15) is 12.7 Å². The van der Waals surface area contributed by atoms with Gasteiger partial charge >= 0.3 is 11.8 Å². The number of anilines is 1. The Kier molecular flexibility index (Phi) is 7.24. The van der Waals surface area contributed by atoms with Crippen molar-refractivity contribution in [2.24, 2.45) is 0 Å². The fourth-order valence-electron chi connectivity index (χ4n) is 2.62. The minimum atomic E-state index is -1.42. The molecule has 0 aliphatic carbocycles. The van der Waals surface area contributed by atoms with E-state index in [-0.39, 0.29) is 36.5 Å². The number of alkyl carbamates (subject to hydrolysis) is 1. The molecule has 1 heterocycles. The zero-order valence-electron chi connectivity index (χ0n) is 15.2. The van der Waals surface area contributed by atoms with Crippen molar-refractivity contribution in [1.82, 2.24) is 10.3 Å². The fourth-order valence-corrected chi connectivity index (χ4v) is 2.62. The first-order valence-electron chi connectivity index (χ1n) is 8.51. The zero-order valence-corrected chi connectivity index (χ0v) is 15.2. The maximum atomic E-state index is 11.7. The average Bonchev–Trinajstić information content (AvgIpc) is 2.66. The number of aliphatic hydroxyl groups excluding tert-OH is 2. The molecule has 28 heavy (non-hydrogen) atoms. The topological polar surface area (TPSA) is 161 Å². The predicted molar refractivity (Wildman–Crippen MR) is 100 cm³/mol. The summed E-state index contributed by atoms with van der Waals surface area (Å²) in [6, 6.07) is 9.13. The number of nitrogen functional groups attached to an aromatic ring is 1. The molecule has 10 nitrogen and oxygen atoms in total. The monoisotopic (exact) mass is 390 g/mol.